The molecular weight excluding hydrogens is 440 g/mol. The molecule has 0 spiro atoms. The summed E-state index contributed by atoms with van der Waals surface area (Å²) in [6.07, 6.45) is 0.478. The number of aldehydes is 1. The van der Waals surface area contributed by atoms with E-state index in [1.165, 1.54) is 43.3 Å². The van der Waals surface area contributed by atoms with Gasteiger partial charge in [0, 0.05) is 36.3 Å². The van der Waals surface area contributed by atoms with Crippen molar-refractivity contribution in [3.8, 4) is 5.75 Å². The molecule has 172 valence electrons. The molecule has 0 atom stereocenters. The van der Waals surface area contributed by atoms with E-state index < -0.39 is 23.8 Å². The van der Waals surface area contributed by atoms with Gasteiger partial charge in [0.25, 0.3) is 11.8 Å². The lowest BCUT2D eigenvalue weighted by Crippen LogP contribution is -2.23. The standard InChI is InChI=1S/C25H20N2O7/c1-15(29)34-21-4-2-3-20(12-21)27-24(31)22-10-9-18(11-19(22)14-28)23(30)26-13-16-5-7-17(8-6-16)25(32)33/h2-12,14H,13H2,1H3,(H,26,30)(H,27,31)(H,32,33). The number of hydrogen-bond donors (Lipinski definition) is 3. The number of ether oxygens (including phenoxy) is 1. The molecule has 9 nitrogen and oxygen atoms in total. The zero-order chi connectivity index (χ0) is 24.7. The van der Waals surface area contributed by atoms with Gasteiger partial charge in [0.1, 0.15) is 5.75 Å². The summed E-state index contributed by atoms with van der Waals surface area (Å²) < 4.78 is 4.98. The second kappa shape index (κ2) is 10.7. The van der Waals surface area contributed by atoms with Crippen LogP contribution in [0.1, 0.15) is 53.9 Å². The number of carbonyl (C=O) groups is 5. The highest BCUT2D eigenvalue weighted by molar-refractivity contribution is 6.10. The van der Waals surface area contributed by atoms with Crippen LogP contribution < -0.4 is 15.4 Å². The molecule has 0 radical (unpaired) electrons. The van der Waals surface area contributed by atoms with Crippen LogP contribution in [0.4, 0.5) is 5.69 Å². The lowest BCUT2D eigenvalue weighted by atomic mass is 10.0. The number of benzene rings is 3. The minimum Gasteiger partial charge on any atom is -0.478 e. The molecule has 2 amide bonds. The van der Waals surface area contributed by atoms with Crippen LogP contribution >= 0.6 is 0 Å². The second-order valence-electron chi connectivity index (χ2n) is 7.18. The molecule has 0 aliphatic rings. The summed E-state index contributed by atoms with van der Waals surface area (Å²) in [7, 11) is 0. The Hall–Kier alpha value is -4.79. The average molecular weight is 460 g/mol. The van der Waals surface area contributed by atoms with Crippen LogP contribution in [-0.2, 0) is 11.3 Å². The van der Waals surface area contributed by atoms with Gasteiger partial charge in [-0.25, -0.2) is 4.79 Å². The molecule has 3 aromatic rings. The van der Waals surface area contributed by atoms with Crippen LogP contribution in [0, 0.1) is 0 Å². The summed E-state index contributed by atoms with van der Waals surface area (Å²) >= 11 is 0. The molecule has 0 saturated carbocycles. The van der Waals surface area contributed by atoms with Gasteiger partial charge >= 0.3 is 11.9 Å². The van der Waals surface area contributed by atoms with Crippen molar-refractivity contribution in [1.29, 1.82) is 0 Å². The fourth-order valence-electron chi connectivity index (χ4n) is 3.06. The van der Waals surface area contributed by atoms with Gasteiger partial charge in [-0.05, 0) is 48.0 Å². The topological polar surface area (TPSA) is 139 Å². The Bertz CT molecular complexity index is 1270. The molecule has 0 fully saturated rings. The maximum Gasteiger partial charge on any atom is 0.335 e. The Morgan fingerprint density at radius 1 is 0.912 bits per heavy atom. The lowest BCUT2D eigenvalue weighted by Gasteiger charge is -2.10. The summed E-state index contributed by atoms with van der Waals surface area (Å²) in [5.41, 5.74) is 1.45. The predicted molar refractivity (Wildman–Crippen MR) is 122 cm³/mol. The van der Waals surface area contributed by atoms with Crippen LogP contribution in [0.15, 0.2) is 66.7 Å². The first-order valence-electron chi connectivity index (χ1n) is 10.1. The summed E-state index contributed by atoms with van der Waals surface area (Å²) in [6, 6.07) is 16.3. The lowest BCUT2D eigenvalue weighted by molar-refractivity contribution is -0.131. The minimum atomic E-state index is -1.04. The molecule has 0 saturated heterocycles. The Morgan fingerprint density at radius 3 is 2.26 bits per heavy atom. The molecule has 0 aromatic heterocycles. The second-order valence-corrected chi connectivity index (χ2v) is 7.18. The van der Waals surface area contributed by atoms with Gasteiger partial charge in [0.2, 0.25) is 0 Å². The monoisotopic (exact) mass is 460 g/mol. The summed E-state index contributed by atoms with van der Waals surface area (Å²) in [4.78, 5) is 58.8. The van der Waals surface area contributed by atoms with Gasteiger partial charge < -0.3 is 20.5 Å². The van der Waals surface area contributed by atoms with E-state index >= 15 is 0 Å². The molecule has 34 heavy (non-hydrogen) atoms. The first kappa shape index (κ1) is 23.9. The van der Waals surface area contributed by atoms with Gasteiger partial charge in [-0.1, -0.05) is 18.2 Å². The van der Waals surface area contributed by atoms with Crippen LogP contribution in [0.25, 0.3) is 0 Å². The molecule has 3 rings (SSSR count). The van der Waals surface area contributed by atoms with Gasteiger partial charge in [0.05, 0.1) is 11.1 Å². The number of carbonyl (C=O) groups excluding carboxylic acids is 4. The molecule has 0 unspecified atom stereocenters. The first-order chi connectivity index (χ1) is 16.3. The number of anilines is 1. The van der Waals surface area contributed by atoms with Crippen molar-refractivity contribution in [2.45, 2.75) is 13.5 Å². The highest BCUT2D eigenvalue weighted by atomic mass is 16.5. The Kier molecular flexibility index (Phi) is 7.50. The van der Waals surface area contributed by atoms with Crippen molar-refractivity contribution in [3.63, 3.8) is 0 Å². The van der Waals surface area contributed by atoms with Gasteiger partial charge in [0.15, 0.2) is 6.29 Å². The third-order valence-electron chi connectivity index (χ3n) is 4.69. The van der Waals surface area contributed by atoms with Crippen LogP contribution in [0.5, 0.6) is 5.75 Å². The predicted octanol–water partition coefficient (Wildman–Crippen LogP) is 3.30. The van der Waals surface area contributed by atoms with E-state index in [2.05, 4.69) is 10.6 Å². The number of amides is 2. The Morgan fingerprint density at radius 2 is 1.62 bits per heavy atom. The molecule has 3 N–H and O–H groups in total. The number of hydrogen-bond acceptors (Lipinski definition) is 6. The third kappa shape index (κ3) is 6.13. The van der Waals surface area contributed by atoms with E-state index in [-0.39, 0.29) is 34.5 Å². The Labute approximate surface area is 194 Å². The largest absolute Gasteiger partial charge is 0.478 e. The summed E-state index contributed by atoms with van der Waals surface area (Å²) in [6.45, 7) is 1.41. The van der Waals surface area contributed by atoms with E-state index in [0.717, 1.165) is 0 Å². The summed E-state index contributed by atoms with van der Waals surface area (Å²) in [5.74, 6) is -2.33. The third-order valence-corrected chi connectivity index (χ3v) is 4.69. The van der Waals surface area contributed by atoms with Crippen LogP contribution in [0.3, 0.4) is 0 Å². The van der Waals surface area contributed by atoms with Crippen molar-refractivity contribution in [3.05, 3.63) is 94.5 Å². The average Bonchev–Trinajstić information content (AvgIpc) is 2.82. The van der Waals surface area contributed by atoms with Crippen molar-refractivity contribution >= 4 is 35.7 Å². The molecule has 9 heteroatoms. The number of nitrogens with one attached hydrogen (secondary N) is 2. The highest BCUT2D eigenvalue weighted by Gasteiger charge is 2.15. The maximum atomic E-state index is 12.7. The van der Waals surface area contributed by atoms with Crippen LogP contribution in [0.2, 0.25) is 0 Å². The number of esters is 1. The van der Waals surface area contributed by atoms with Crippen LogP contribution in [-0.4, -0.2) is 35.1 Å². The molecule has 0 aliphatic carbocycles. The highest BCUT2D eigenvalue weighted by Crippen LogP contribution is 2.19. The zero-order valence-electron chi connectivity index (χ0n) is 18.0. The van der Waals surface area contributed by atoms with Crippen molar-refractivity contribution < 1.29 is 33.8 Å². The van der Waals surface area contributed by atoms with Gasteiger partial charge in [-0.2, -0.15) is 0 Å². The van der Waals surface area contributed by atoms with E-state index in [1.54, 1.807) is 30.3 Å². The maximum absolute atomic E-state index is 12.7. The molecular formula is C25H20N2O7. The number of rotatable bonds is 8. The van der Waals surface area contributed by atoms with Crippen molar-refractivity contribution in [2.75, 3.05) is 5.32 Å². The zero-order valence-corrected chi connectivity index (χ0v) is 18.0. The SMILES string of the molecule is CC(=O)Oc1cccc(NC(=O)c2ccc(C(=O)NCc3ccc(C(=O)O)cc3)cc2C=O)c1. The van der Waals surface area contributed by atoms with Crippen molar-refractivity contribution in [1.82, 2.24) is 5.32 Å². The smallest absolute Gasteiger partial charge is 0.335 e. The van der Waals surface area contributed by atoms with Gasteiger partial charge in [-0.15, -0.1) is 0 Å². The number of carboxylic acids is 1. The van der Waals surface area contributed by atoms with Gasteiger partial charge in [-0.3, -0.25) is 19.2 Å². The van der Waals surface area contributed by atoms with E-state index in [9.17, 15) is 24.0 Å². The fourth-order valence-corrected chi connectivity index (χ4v) is 3.06. The minimum absolute atomic E-state index is 0.0205. The molecule has 0 bridgehead atoms. The number of carboxylic acid groups (broad SMARTS) is 1. The molecule has 3 aromatic carbocycles. The fraction of sp³-hybridized carbons (Fsp3) is 0.0800. The molecule has 0 aliphatic heterocycles. The quantitative estimate of drug-likeness (QED) is 0.266. The molecule has 0 heterocycles. The van der Waals surface area contributed by atoms with E-state index in [0.29, 0.717) is 17.5 Å². The van der Waals surface area contributed by atoms with E-state index in [4.69, 9.17) is 9.84 Å². The van der Waals surface area contributed by atoms with E-state index in [1.807, 2.05) is 0 Å². The summed E-state index contributed by atoms with van der Waals surface area (Å²) in [5, 5.41) is 14.2. The van der Waals surface area contributed by atoms with Crippen molar-refractivity contribution in [2.24, 2.45) is 0 Å². The normalized spacial score (nSPS) is 10.1. The number of aromatic carboxylic acids is 1. The first-order valence-corrected chi connectivity index (χ1v) is 10.1. The Balaban J connectivity index is 1.69.